The molecule has 0 bridgehead atoms. The zero-order valence-corrected chi connectivity index (χ0v) is 12.2. The number of nitrogens with zero attached hydrogens (tertiary/aromatic N) is 2. The van der Waals surface area contributed by atoms with Crippen molar-refractivity contribution in [1.29, 1.82) is 0 Å². The Morgan fingerprint density at radius 3 is 2.76 bits per heavy atom. The van der Waals surface area contributed by atoms with Gasteiger partial charge in [-0.15, -0.1) is 0 Å². The Morgan fingerprint density at radius 2 is 2.14 bits per heavy atom. The van der Waals surface area contributed by atoms with E-state index in [4.69, 9.17) is 22.5 Å². The smallest absolute Gasteiger partial charge is 0.230 e. The summed E-state index contributed by atoms with van der Waals surface area (Å²) in [5.74, 6) is -0.235. The maximum Gasteiger partial charge on any atom is 0.230 e. The summed E-state index contributed by atoms with van der Waals surface area (Å²) in [6, 6.07) is 9.64. The first-order valence-corrected chi connectivity index (χ1v) is 6.94. The summed E-state index contributed by atoms with van der Waals surface area (Å²) in [7, 11) is 0. The van der Waals surface area contributed by atoms with E-state index in [0.717, 1.165) is 5.56 Å². The zero-order valence-electron chi connectivity index (χ0n) is 11.4. The van der Waals surface area contributed by atoms with Crippen LogP contribution >= 0.6 is 12.2 Å². The maximum absolute atomic E-state index is 12.2. The van der Waals surface area contributed by atoms with E-state index in [0.29, 0.717) is 25.3 Å². The van der Waals surface area contributed by atoms with Crippen LogP contribution in [0.3, 0.4) is 0 Å². The van der Waals surface area contributed by atoms with Crippen LogP contribution in [0.4, 0.5) is 0 Å². The molecule has 1 unspecified atom stereocenters. The van der Waals surface area contributed by atoms with E-state index in [1.807, 2.05) is 30.3 Å². The third kappa shape index (κ3) is 4.64. The molecule has 1 aromatic carbocycles. The highest BCUT2D eigenvalue weighted by atomic mass is 32.1. The van der Waals surface area contributed by atoms with Gasteiger partial charge >= 0.3 is 0 Å². The van der Waals surface area contributed by atoms with Crippen molar-refractivity contribution in [2.45, 2.75) is 12.8 Å². The van der Waals surface area contributed by atoms with Gasteiger partial charge in [-0.1, -0.05) is 47.7 Å². The summed E-state index contributed by atoms with van der Waals surface area (Å²) >= 11 is 5.00. The molecule has 0 aliphatic heterocycles. The van der Waals surface area contributed by atoms with E-state index < -0.39 is 5.92 Å². The van der Waals surface area contributed by atoms with Gasteiger partial charge in [0.15, 0.2) is 6.33 Å². The van der Waals surface area contributed by atoms with Crippen molar-refractivity contribution in [2.24, 2.45) is 11.7 Å². The minimum absolute atomic E-state index is 0.189. The van der Waals surface area contributed by atoms with Crippen molar-refractivity contribution in [2.75, 3.05) is 6.54 Å². The molecule has 0 aliphatic carbocycles. The number of rotatable bonds is 7. The van der Waals surface area contributed by atoms with Crippen molar-refractivity contribution in [3.63, 3.8) is 0 Å². The molecule has 0 radical (unpaired) electrons. The second kappa shape index (κ2) is 7.49. The summed E-state index contributed by atoms with van der Waals surface area (Å²) in [4.78, 5) is 16.2. The molecule has 0 fully saturated rings. The van der Waals surface area contributed by atoms with Crippen LogP contribution in [0.5, 0.6) is 0 Å². The van der Waals surface area contributed by atoms with Crippen LogP contribution in [0.25, 0.3) is 0 Å². The highest BCUT2D eigenvalue weighted by Gasteiger charge is 2.21. The lowest BCUT2D eigenvalue weighted by molar-refractivity contribution is -0.122. The monoisotopic (exact) mass is 304 g/mol. The zero-order chi connectivity index (χ0) is 15.1. The van der Waals surface area contributed by atoms with Crippen molar-refractivity contribution in [3.8, 4) is 0 Å². The molecule has 0 saturated heterocycles. The van der Waals surface area contributed by atoms with Gasteiger partial charge in [-0.05, 0) is 12.0 Å². The number of carbonyl (C=O) groups is 1. The van der Waals surface area contributed by atoms with Crippen molar-refractivity contribution < 1.29 is 9.32 Å². The number of nitrogens with two attached hydrogens (primary N) is 1. The van der Waals surface area contributed by atoms with Crippen LogP contribution in [0, 0.1) is 5.92 Å². The second-order valence-corrected chi connectivity index (χ2v) is 4.99. The average Bonchev–Trinajstić information content (AvgIpc) is 2.98. The highest BCUT2D eigenvalue weighted by molar-refractivity contribution is 7.80. The normalized spacial score (nSPS) is 11.8. The predicted octanol–water partition coefficient (Wildman–Crippen LogP) is 0.873. The Hall–Kier alpha value is -2.28. The maximum atomic E-state index is 12.2. The summed E-state index contributed by atoms with van der Waals surface area (Å²) < 4.78 is 4.86. The first-order valence-electron chi connectivity index (χ1n) is 6.53. The SMILES string of the molecule is NC(=S)C(Cc1ccccc1)C(=O)NCCc1ncno1. The predicted molar refractivity (Wildman–Crippen MR) is 81.4 cm³/mol. The van der Waals surface area contributed by atoms with E-state index in [9.17, 15) is 4.79 Å². The molecular weight excluding hydrogens is 288 g/mol. The number of thiocarbonyl (C=S) groups is 1. The lowest BCUT2D eigenvalue weighted by Gasteiger charge is -2.15. The summed E-state index contributed by atoms with van der Waals surface area (Å²) in [6.07, 6.45) is 2.29. The number of hydrogen-bond acceptors (Lipinski definition) is 5. The molecule has 110 valence electrons. The van der Waals surface area contributed by atoms with Gasteiger partial charge in [0.1, 0.15) is 0 Å². The molecular formula is C14H16N4O2S. The first-order chi connectivity index (χ1) is 10.2. The van der Waals surface area contributed by atoms with Gasteiger partial charge in [0, 0.05) is 13.0 Å². The molecule has 21 heavy (non-hydrogen) atoms. The van der Waals surface area contributed by atoms with Crippen LogP contribution in [0.15, 0.2) is 41.2 Å². The number of carbonyl (C=O) groups excluding carboxylic acids is 1. The number of hydrogen-bond donors (Lipinski definition) is 2. The van der Waals surface area contributed by atoms with E-state index in [-0.39, 0.29) is 10.9 Å². The van der Waals surface area contributed by atoms with Gasteiger partial charge < -0.3 is 15.6 Å². The molecule has 0 saturated carbocycles. The van der Waals surface area contributed by atoms with Crippen LogP contribution in [-0.4, -0.2) is 27.6 Å². The fourth-order valence-corrected chi connectivity index (χ4v) is 2.08. The standard InChI is InChI=1S/C14H16N4O2S/c15-13(21)11(8-10-4-2-1-3-5-10)14(19)16-7-6-12-17-9-18-20-12/h1-5,9,11H,6-8H2,(H2,15,21)(H,16,19). The van der Waals surface area contributed by atoms with Gasteiger partial charge in [0.25, 0.3) is 0 Å². The third-order valence-corrected chi connectivity index (χ3v) is 3.27. The Labute approximate surface area is 127 Å². The number of amides is 1. The summed E-state index contributed by atoms with van der Waals surface area (Å²) in [5.41, 5.74) is 6.70. The Kier molecular flexibility index (Phi) is 5.39. The van der Waals surface area contributed by atoms with E-state index >= 15 is 0 Å². The molecule has 2 rings (SSSR count). The van der Waals surface area contributed by atoms with E-state index in [2.05, 4.69) is 15.5 Å². The second-order valence-electron chi connectivity index (χ2n) is 4.52. The molecule has 1 amide bonds. The lowest BCUT2D eigenvalue weighted by Crippen LogP contribution is -2.39. The first kappa shape index (κ1) is 15.1. The average molecular weight is 304 g/mol. The Morgan fingerprint density at radius 1 is 1.38 bits per heavy atom. The largest absolute Gasteiger partial charge is 0.393 e. The van der Waals surface area contributed by atoms with Crippen LogP contribution in [0.2, 0.25) is 0 Å². The molecule has 6 nitrogen and oxygen atoms in total. The molecule has 0 spiro atoms. The van der Waals surface area contributed by atoms with Crippen LogP contribution < -0.4 is 11.1 Å². The minimum Gasteiger partial charge on any atom is -0.393 e. The van der Waals surface area contributed by atoms with Gasteiger partial charge in [0.2, 0.25) is 11.8 Å². The van der Waals surface area contributed by atoms with Crippen molar-refractivity contribution >= 4 is 23.1 Å². The van der Waals surface area contributed by atoms with E-state index in [1.54, 1.807) is 0 Å². The molecule has 1 atom stereocenters. The molecule has 1 heterocycles. The van der Waals surface area contributed by atoms with Gasteiger partial charge in [-0.2, -0.15) is 4.98 Å². The topological polar surface area (TPSA) is 94.0 Å². The summed E-state index contributed by atoms with van der Waals surface area (Å²) in [6.45, 7) is 0.398. The van der Waals surface area contributed by atoms with Crippen LogP contribution in [-0.2, 0) is 17.6 Å². The van der Waals surface area contributed by atoms with Crippen molar-refractivity contribution in [3.05, 3.63) is 48.1 Å². The number of nitrogens with one attached hydrogen (secondary N) is 1. The lowest BCUT2D eigenvalue weighted by atomic mass is 9.98. The molecule has 2 aromatic rings. The van der Waals surface area contributed by atoms with Gasteiger partial charge in [0.05, 0.1) is 10.9 Å². The van der Waals surface area contributed by atoms with Gasteiger partial charge in [-0.25, -0.2) is 0 Å². The molecule has 1 aromatic heterocycles. The number of aromatic nitrogens is 2. The Balaban J connectivity index is 1.88. The fourth-order valence-electron chi connectivity index (χ4n) is 1.89. The van der Waals surface area contributed by atoms with Gasteiger partial charge in [-0.3, -0.25) is 4.79 Å². The molecule has 7 heteroatoms. The Bertz CT molecular complexity index is 586. The fraction of sp³-hybridized carbons (Fsp3) is 0.286. The van der Waals surface area contributed by atoms with E-state index in [1.165, 1.54) is 6.33 Å². The minimum atomic E-state index is -0.523. The number of benzene rings is 1. The highest BCUT2D eigenvalue weighted by Crippen LogP contribution is 2.09. The third-order valence-electron chi connectivity index (χ3n) is 2.99. The molecule has 3 N–H and O–H groups in total. The summed E-state index contributed by atoms with van der Waals surface area (Å²) in [5, 5.41) is 6.29. The molecule has 0 aliphatic rings. The van der Waals surface area contributed by atoms with Crippen molar-refractivity contribution in [1.82, 2.24) is 15.5 Å². The van der Waals surface area contributed by atoms with Crippen LogP contribution in [0.1, 0.15) is 11.5 Å². The quantitative estimate of drug-likeness (QED) is 0.737.